The van der Waals surface area contributed by atoms with E-state index in [0.29, 0.717) is 35.7 Å². The second-order valence-corrected chi connectivity index (χ2v) is 8.12. The number of amides is 1. The molecule has 6 nitrogen and oxygen atoms in total. The molecule has 5 rings (SSSR count). The summed E-state index contributed by atoms with van der Waals surface area (Å²) >= 11 is 0. The molecule has 3 heterocycles. The number of ether oxygens (including phenoxy) is 1. The Morgan fingerprint density at radius 3 is 2.71 bits per heavy atom. The number of hydrogen-bond acceptors (Lipinski definition) is 5. The third-order valence-corrected chi connectivity index (χ3v) is 5.97. The van der Waals surface area contributed by atoms with Gasteiger partial charge in [-0.25, -0.2) is 9.37 Å². The molecule has 0 saturated heterocycles. The Labute approximate surface area is 196 Å². The quantitative estimate of drug-likeness (QED) is 0.420. The maximum atomic E-state index is 13.4. The van der Waals surface area contributed by atoms with Gasteiger partial charge in [-0.3, -0.25) is 14.8 Å². The Morgan fingerprint density at radius 2 is 1.94 bits per heavy atom. The van der Waals surface area contributed by atoms with Crippen LogP contribution >= 0.6 is 0 Å². The zero-order valence-electron chi connectivity index (χ0n) is 18.9. The highest BCUT2D eigenvalue weighted by atomic mass is 19.1. The zero-order chi connectivity index (χ0) is 23.7. The van der Waals surface area contributed by atoms with Gasteiger partial charge in [0.15, 0.2) is 0 Å². The number of rotatable bonds is 6. The predicted molar refractivity (Wildman–Crippen MR) is 130 cm³/mol. The summed E-state index contributed by atoms with van der Waals surface area (Å²) < 4.78 is 19.2. The maximum Gasteiger partial charge on any atom is 0.251 e. The molecule has 0 saturated carbocycles. The van der Waals surface area contributed by atoms with Crippen molar-refractivity contribution in [2.75, 3.05) is 13.2 Å². The summed E-state index contributed by atoms with van der Waals surface area (Å²) in [5, 5.41) is 3.78. The monoisotopic (exact) mass is 454 g/mol. The van der Waals surface area contributed by atoms with E-state index in [0.717, 1.165) is 27.9 Å². The van der Waals surface area contributed by atoms with Crippen molar-refractivity contribution < 1.29 is 13.9 Å². The fraction of sp³-hybridized carbons (Fsp3) is 0.185. The van der Waals surface area contributed by atoms with Crippen molar-refractivity contribution in [1.82, 2.24) is 15.3 Å². The minimum Gasteiger partial charge on any atom is -0.493 e. The van der Waals surface area contributed by atoms with Crippen LogP contribution in [0.15, 0.2) is 72.0 Å². The molecule has 7 heteroatoms. The fourth-order valence-electron chi connectivity index (χ4n) is 4.13. The molecule has 1 aliphatic heterocycles. The second kappa shape index (κ2) is 9.02. The van der Waals surface area contributed by atoms with Crippen LogP contribution in [0.4, 0.5) is 10.1 Å². The molecular formula is C27H23FN4O2. The van der Waals surface area contributed by atoms with Crippen LogP contribution in [0.25, 0.3) is 22.2 Å². The molecule has 1 N–H and O–H groups in total. The maximum absolute atomic E-state index is 13.4. The number of fused-ring (bicyclic) bond motifs is 2. The number of benzene rings is 2. The van der Waals surface area contributed by atoms with E-state index < -0.39 is 0 Å². The molecular weight excluding hydrogens is 431 g/mol. The standard InChI is InChI=1S/C27H23FN4O2/c1-3-34-26-13-22(17-4-7-19(28)8-5-17)31-23-12-18(6-9-21(23)26)27(33)30-15-24-16(2)20-10-11-29-14-25(20)32-24/h4-14,16H,3,15H2,1-2H3,(H,30,33). The summed E-state index contributed by atoms with van der Waals surface area (Å²) in [5.74, 6) is 0.273. The van der Waals surface area contributed by atoms with E-state index in [1.807, 2.05) is 25.1 Å². The van der Waals surface area contributed by atoms with E-state index in [4.69, 9.17) is 9.72 Å². The third kappa shape index (κ3) is 4.12. The lowest BCUT2D eigenvalue weighted by atomic mass is 9.99. The average Bonchev–Trinajstić information content (AvgIpc) is 3.18. The lowest BCUT2D eigenvalue weighted by molar-refractivity contribution is 0.0959. The number of hydrogen-bond donors (Lipinski definition) is 1. The number of carbonyl (C=O) groups excluding carboxylic acids is 1. The van der Waals surface area contributed by atoms with E-state index >= 15 is 0 Å². The van der Waals surface area contributed by atoms with E-state index in [-0.39, 0.29) is 17.6 Å². The van der Waals surface area contributed by atoms with Crippen LogP contribution in [-0.4, -0.2) is 34.7 Å². The molecule has 1 atom stereocenters. The van der Waals surface area contributed by atoms with Crippen LogP contribution in [0.5, 0.6) is 5.75 Å². The van der Waals surface area contributed by atoms with Gasteiger partial charge < -0.3 is 10.1 Å². The van der Waals surface area contributed by atoms with Gasteiger partial charge in [-0.2, -0.15) is 0 Å². The molecule has 2 aromatic heterocycles. The molecule has 1 unspecified atom stereocenters. The Hall–Kier alpha value is -4.13. The van der Waals surface area contributed by atoms with Crippen molar-refractivity contribution in [2.45, 2.75) is 19.8 Å². The van der Waals surface area contributed by atoms with Crippen molar-refractivity contribution in [3.8, 4) is 17.0 Å². The first-order valence-electron chi connectivity index (χ1n) is 11.2. The van der Waals surface area contributed by atoms with Gasteiger partial charge in [-0.1, -0.05) is 6.92 Å². The van der Waals surface area contributed by atoms with E-state index in [9.17, 15) is 9.18 Å². The van der Waals surface area contributed by atoms with Gasteiger partial charge >= 0.3 is 0 Å². The molecule has 34 heavy (non-hydrogen) atoms. The van der Waals surface area contributed by atoms with Gasteiger partial charge in [0, 0.05) is 40.4 Å². The lowest BCUT2D eigenvalue weighted by Crippen LogP contribution is -2.30. The molecule has 1 amide bonds. The van der Waals surface area contributed by atoms with Gasteiger partial charge in [0.2, 0.25) is 0 Å². The first kappa shape index (κ1) is 21.7. The second-order valence-electron chi connectivity index (χ2n) is 8.12. The first-order valence-corrected chi connectivity index (χ1v) is 11.2. The minimum atomic E-state index is -0.311. The topological polar surface area (TPSA) is 76.5 Å². The Bertz CT molecular complexity index is 1420. The third-order valence-electron chi connectivity index (χ3n) is 5.97. The number of aromatic nitrogens is 2. The summed E-state index contributed by atoms with van der Waals surface area (Å²) in [4.78, 5) is 26.4. The predicted octanol–water partition coefficient (Wildman–Crippen LogP) is 5.45. The van der Waals surface area contributed by atoms with Crippen molar-refractivity contribution in [3.05, 3.63) is 83.9 Å². The summed E-state index contributed by atoms with van der Waals surface area (Å²) in [6.07, 6.45) is 3.50. The molecule has 4 aromatic rings. The zero-order valence-corrected chi connectivity index (χ0v) is 18.9. The number of pyridine rings is 2. The SMILES string of the molecule is CCOc1cc(-c2ccc(F)cc2)nc2cc(C(=O)NCC3=Nc4cnccc4C3C)ccc12. The van der Waals surface area contributed by atoms with Gasteiger partial charge in [0.25, 0.3) is 5.91 Å². The molecule has 0 bridgehead atoms. The summed E-state index contributed by atoms with van der Waals surface area (Å²) in [5.41, 5.74) is 5.40. The van der Waals surface area contributed by atoms with Gasteiger partial charge in [0.05, 0.1) is 36.2 Å². The smallest absolute Gasteiger partial charge is 0.251 e. The number of aliphatic imine (C=N–C) groups is 1. The van der Waals surface area contributed by atoms with Crippen molar-refractivity contribution in [2.24, 2.45) is 4.99 Å². The lowest BCUT2D eigenvalue weighted by Gasteiger charge is -2.13. The number of halogens is 1. The fourth-order valence-corrected chi connectivity index (χ4v) is 4.13. The Morgan fingerprint density at radius 1 is 1.12 bits per heavy atom. The molecule has 0 fully saturated rings. The summed E-state index contributed by atoms with van der Waals surface area (Å²) in [7, 11) is 0. The Kier molecular flexibility index (Phi) is 5.76. The number of nitrogens with one attached hydrogen (secondary N) is 1. The normalized spacial score (nSPS) is 14.6. The van der Waals surface area contributed by atoms with E-state index in [1.165, 1.54) is 12.1 Å². The van der Waals surface area contributed by atoms with E-state index in [1.54, 1.807) is 36.7 Å². The van der Waals surface area contributed by atoms with Crippen molar-refractivity contribution >= 4 is 28.2 Å². The highest BCUT2D eigenvalue weighted by Gasteiger charge is 2.23. The van der Waals surface area contributed by atoms with Crippen LogP contribution in [0.3, 0.4) is 0 Å². The average molecular weight is 455 g/mol. The molecule has 2 aromatic carbocycles. The van der Waals surface area contributed by atoms with Crippen LogP contribution in [0.2, 0.25) is 0 Å². The highest BCUT2D eigenvalue weighted by Crippen LogP contribution is 2.34. The van der Waals surface area contributed by atoms with Crippen LogP contribution < -0.4 is 10.1 Å². The van der Waals surface area contributed by atoms with Gasteiger partial charge in [-0.15, -0.1) is 0 Å². The molecule has 0 aliphatic carbocycles. The molecule has 0 spiro atoms. The van der Waals surface area contributed by atoms with Crippen molar-refractivity contribution in [1.29, 1.82) is 0 Å². The van der Waals surface area contributed by atoms with Crippen molar-refractivity contribution in [3.63, 3.8) is 0 Å². The summed E-state index contributed by atoms with van der Waals surface area (Å²) in [6.45, 7) is 4.82. The molecule has 0 radical (unpaired) electrons. The van der Waals surface area contributed by atoms with Crippen LogP contribution in [-0.2, 0) is 0 Å². The first-order chi connectivity index (χ1) is 16.5. The Balaban J connectivity index is 1.41. The van der Waals surface area contributed by atoms with E-state index in [2.05, 4.69) is 22.2 Å². The number of nitrogens with zero attached hydrogens (tertiary/aromatic N) is 3. The highest BCUT2D eigenvalue weighted by molar-refractivity contribution is 6.04. The van der Waals surface area contributed by atoms with Gasteiger partial charge in [-0.05, 0) is 61.0 Å². The van der Waals surface area contributed by atoms with Crippen LogP contribution in [0.1, 0.15) is 35.7 Å². The van der Waals surface area contributed by atoms with Crippen LogP contribution in [0, 0.1) is 5.82 Å². The molecule has 170 valence electrons. The van der Waals surface area contributed by atoms with Gasteiger partial charge in [0.1, 0.15) is 11.6 Å². The summed E-state index contributed by atoms with van der Waals surface area (Å²) in [6, 6.07) is 15.3. The minimum absolute atomic E-state index is 0.128. The largest absolute Gasteiger partial charge is 0.493 e. The number of carbonyl (C=O) groups is 1. The molecule has 1 aliphatic rings.